The van der Waals surface area contributed by atoms with E-state index in [0.717, 1.165) is 23.1 Å². The molecule has 0 fully saturated rings. The third-order valence-electron chi connectivity index (χ3n) is 11.0. The second-order valence-electron chi connectivity index (χ2n) is 15.6. The molecule has 0 aliphatic rings. The van der Waals surface area contributed by atoms with Crippen LogP contribution >= 0.6 is 0 Å². The Kier molecular flexibility index (Phi) is 17.4. The lowest BCUT2D eigenvalue weighted by atomic mass is 10.0. The molecule has 16 nitrogen and oxygen atoms in total. The summed E-state index contributed by atoms with van der Waals surface area (Å²) in [6.07, 6.45) is -0.798. The zero-order valence-electron chi connectivity index (χ0n) is 38.5. The van der Waals surface area contributed by atoms with Gasteiger partial charge in [0, 0.05) is 37.3 Å². The van der Waals surface area contributed by atoms with Crippen LogP contribution in [0.15, 0.2) is 155 Å². The number of nitrogens with zero attached hydrogens (tertiary/aromatic N) is 2. The molecule has 0 radical (unpaired) electrons. The molecular weight excluding hydrogens is 966 g/mol. The number of methoxy groups -OCH3 is 2. The van der Waals surface area contributed by atoms with E-state index in [1.807, 2.05) is 0 Å². The number of sulfonamides is 2. The van der Waals surface area contributed by atoms with E-state index in [1.54, 1.807) is 101 Å². The van der Waals surface area contributed by atoms with Gasteiger partial charge < -0.3 is 29.9 Å². The molecule has 2 atom stereocenters. The van der Waals surface area contributed by atoms with Crippen LogP contribution in [0, 0.1) is 17.5 Å². The van der Waals surface area contributed by atoms with E-state index in [4.69, 9.17) is 9.47 Å². The molecule has 21 heteroatoms. The normalized spacial score (nSPS) is 12.1. The molecule has 0 bridgehead atoms. The van der Waals surface area contributed by atoms with Crippen molar-refractivity contribution >= 4 is 55.3 Å². The fourth-order valence-electron chi connectivity index (χ4n) is 7.47. The molecule has 6 rings (SSSR count). The largest absolute Gasteiger partial charge is 0.497 e. The molecule has 6 aromatic carbocycles. The monoisotopic (exact) mass is 1010 g/mol. The average Bonchev–Trinajstić information content (AvgIpc) is 3.35. The number of rotatable bonds is 20. The predicted molar refractivity (Wildman–Crippen MR) is 258 cm³/mol. The highest BCUT2D eigenvalue weighted by atomic mass is 32.2. The number of amides is 6. The maximum Gasteiger partial charge on any atom is 0.329 e. The summed E-state index contributed by atoms with van der Waals surface area (Å²) >= 11 is 0. The lowest BCUT2D eigenvalue weighted by Gasteiger charge is -2.29. The summed E-state index contributed by atoms with van der Waals surface area (Å²) in [4.78, 5) is 55.7. The molecule has 0 aromatic heterocycles. The number of carbonyl (C=O) groups is 4. The van der Waals surface area contributed by atoms with Gasteiger partial charge in [-0.1, -0.05) is 78.9 Å². The molecule has 71 heavy (non-hydrogen) atoms. The van der Waals surface area contributed by atoms with Gasteiger partial charge in [-0.3, -0.25) is 9.59 Å². The summed E-state index contributed by atoms with van der Waals surface area (Å²) in [6, 6.07) is 29.5. The Morgan fingerprint density at radius 3 is 1.48 bits per heavy atom. The molecular formula is C50H49F3N6O10S2. The van der Waals surface area contributed by atoms with Gasteiger partial charge in [0.15, 0.2) is 4.90 Å². The number of ether oxygens (including phenoxy) is 2. The Morgan fingerprint density at radius 1 is 0.549 bits per heavy atom. The number of anilines is 2. The quantitative estimate of drug-likeness (QED) is 0.0640. The highest BCUT2D eigenvalue weighted by molar-refractivity contribution is 7.90. The fourth-order valence-corrected chi connectivity index (χ4v) is 9.56. The first-order valence-corrected chi connectivity index (χ1v) is 24.8. The molecule has 372 valence electrons. The van der Waals surface area contributed by atoms with Gasteiger partial charge in [-0.15, -0.1) is 0 Å². The average molecular weight is 1020 g/mol. The SMILES string of the molecule is CCN(C(=O)[C@H](Cc1ccccc1)NC(=O)NS(=O)(=O)c1c(F)ccc(CCN(C(=O)[C@H](Cc2ccccc2)NC(=O)NS(=O)(=O)c2ccccc2F)c2ccc(OC)cc2)c1F)c1ccc(OC)cc1. The van der Waals surface area contributed by atoms with Gasteiger partial charge >= 0.3 is 12.1 Å². The van der Waals surface area contributed by atoms with Crippen molar-refractivity contribution in [3.8, 4) is 11.5 Å². The summed E-state index contributed by atoms with van der Waals surface area (Å²) in [5.41, 5.74) is 1.31. The van der Waals surface area contributed by atoms with Crippen LogP contribution in [0.3, 0.4) is 0 Å². The Balaban J connectivity index is 1.26. The zero-order valence-corrected chi connectivity index (χ0v) is 40.1. The molecule has 0 spiro atoms. The predicted octanol–water partition coefficient (Wildman–Crippen LogP) is 6.65. The van der Waals surface area contributed by atoms with Crippen LogP contribution in [0.25, 0.3) is 0 Å². The summed E-state index contributed by atoms with van der Waals surface area (Å²) in [6.45, 7) is 1.39. The number of hydrogen-bond acceptors (Lipinski definition) is 10. The first-order valence-electron chi connectivity index (χ1n) is 21.8. The van der Waals surface area contributed by atoms with E-state index in [2.05, 4.69) is 10.6 Å². The van der Waals surface area contributed by atoms with Crippen molar-refractivity contribution in [1.82, 2.24) is 20.1 Å². The minimum absolute atomic E-state index is 0.0966. The van der Waals surface area contributed by atoms with Crippen LogP contribution in [0.2, 0.25) is 0 Å². The van der Waals surface area contributed by atoms with Crippen molar-refractivity contribution in [2.75, 3.05) is 37.1 Å². The number of likely N-dealkylation sites (N-methyl/N-ethyl adjacent to an activating group) is 1. The van der Waals surface area contributed by atoms with Crippen LogP contribution in [-0.2, 0) is 48.9 Å². The highest BCUT2D eigenvalue weighted by Gasteiger charge is 2.34. The third-order valence-corrected chi connectivity index (χ3v) is 13.7. The van der Waals surface area contributed by atoms with Gasteiger partial charge in [-0.25, -0.2) is 49.0 Å². The first-order chi connectivity index (χ1) is 33.9. The number of carbonyl (C=O) groups excluding carboxylic acids is 4. The van der Waals surface area contributed by atoms with Crippen molar-refractivity contribution in [2.24, 2.45) is 0 Å². The Hall–Kier alpha value is -7.91. The Labute approximate surface area is 408 Å². The second-order valence-corrected chi connectivity index (χ2v) is 18.9. The van der Waals surface area contributed by atoms with Crippen molar-refractivity contribution in [1.29, 1.82) is 0 Å². The Bertz CT molecular complexity index is 3070. The van der Waals surface area contributed by atoms with E-state index < -0.39 is 102 Å². The molecule has 0 aliphatic heterocycles. The van der Waals surface area contributed by atoms with E-state index in [0.29, 0.717) is 34.4 Å². The fraction of sp³-hybridized carbons (Fsp3) is 0.200. The van der Waals surface area contributed by atoms with Crippen molar-refractivity contribution in [2.45, 2.75) is 48.1 Å². The molecule has 6 amide bonds. The van der Waals surface area contributed by atoms with Crippen LogP contribution < -0.4 is 39.4 Å². The van der Waals surface area contributed by atoms with Crippen LogP contribution in [-0.4, -0.2) is 80.1 Å². The van der Waals surface area contributed by atoms with Crippen LogP contribution in [0.4, 0.5) is 34.1 Å². The van der Waals surface area contributed by atoms with E-state index >= 15 is 8.78 Å². The van der Waals surface area contributed by atoms with Crippen LogP contribution in [0.5, 0.6) is 11.5 Å². The first kappa shape index (κ1) is 52.5. The maximum atomic E-state index is 16.5. The maximum absolute atomic E-state index is 16.5. The van der Waals surface area contributed by atoms with Crippen molar-refractivity contribution in [3.05, 3.63) is 180 Å². The number of hydrogen-bond donors (Lipinski definition) is 4. The topological polar surface area (TPSA) is 210 Å². The summed E-state index contributed by atoms with van der Waals surface area (Å²) in [7, 11) is -7.26. The van der Waals surface area contributed by atoms with Gasteiger partial charge in [-0.05, 0) is 96.8 Å². The van der Waals surface area contributed by atoms with E-state index in [1.165, 1.54) is 55.5 Å². The van der Waals surface area contributed by atoms with Gasteiger partial charge in [0.25, 0.3) is 20.0 Å². The minimum atomic E-state index is -5.36. The zero-order chi connectivity index (χ0) is 51.3. The highest BCUT2D eigenvalue weighted by Crippen LogP contribution is 2.26. The molecule has 0 saturated carbocycles. The molecule has 0 heterocycles. The van der Waals surface area contributed by atoms with Gasteiger partial charge in [0.2, 0.25) is 11.8 Å². The lowest BCUT2D eigenvalue weighted by molar-refractivity contribution is -0.121. The smallest absolute Gasteiger partial charge is 0.329 e. The molecule has 6 aromatic rings. The van der Waals surface area contributed by atoms with Gasteiger partial charge in [-0.2, -0.15) is 0 Å². The third kappa shape index (κ3) is 13.5. The number of nitrogens with one attached hydrogen (secondary N) is 4. The summed E-state index contributed by atoms with van der Waals surface area (Å²) < 4.78 is 114. The van der Waals surface area contributed by atoms with Crippen LogP contribution in [0.1, 0.15) is 23.6 Å². The van der Waals surface area contributed by atoms with E-state index in [9.17, 15) is 40.4 Å². The standard InChI is InChI=1S/C50H49F3N6O10S2/c1-4-58(36-20-24-38(68-2)25-21-36)47(60)42(31-33-13-7-5-8-14-33)54-50(63)57-71(66,67)46-41(52)28-19-35(45(46)53)29-30-59(37-22-26-39(69-3)27-23-37)48(61)43(32-34-15-9-6-10-16-34)55-49(62)56-70(64,65)44-18-12-11-17-40(44)51/h5-28,42-43H,4,29-32H2,1-3H3,(H2,54,57,63)(H2,55,56,62)/t42-,43-/m0/s1. The van der Waals surface area contributed by atoms with Crippen molar-refractivity contribution < 1.29 is 58.7 Å². The van der Waals surface area contributed by atoms with Gasteiger partial charge in [0.1, 0.15) is 45.9 Å². The Morgan fingerprint density at radius 2 is 1.00 bits per heavy atom. The molecule has 4 N–H and O–H groups in total. The van der Waals surface area contributed by atoms with Crippen molar-refractivity contribution in [3.63, 3.8) is 0 Å². The molecule has 0 unspecified atom stereocenters. The molecule has 0 saturated heterocycles. The number of urea groups is 2. The number of benzene rings is 6. The van der Waals surface area contributed by atoms with E-state index in [-0.39, 0.29) is 25.1 Å². The molecule has 0 aliphatic carbocycles. The summed E-state index contributed by atoms with van der Waals surface area (Å²) in [5, 5.41) is 4.73. The minimum Gasteiger partial charge on any atom is -0.497 e. The second kappa shape index (κ2) is 23.6. The number of halogens is 3. The van der Waals surface area contributed by atoms with Gasteiger partial charge in [0.05, 0.1) is 14.2 Å². The lowest BCUT2D eigenvalue weighted by Crippen LogP contribution is -2.53. The summed E-state index contributed by atoms with van der Waals surface area (Å²) in [5.74, 6) is -4.88.